The minimum Gasteiger partial charge on any atom is -0.463 e. The Morgan fingerprint density at radius 3 is 2.59 bits per heavy atom. The van der Waals surface area contributed by atoms with Crippen molar-refractivity contribution in [2.45, 2.75) is 25.4 Å². The second kappa shape index (κ2) is 6.37. The van der Waals surface area contributed by atoms with E-state index in [1.165, 1.54) is 0 Å². The van der Waals surface area contributed by atoms with E-state index in [0.717, 1.165) is 12.8 Å². The van der Waals surface area contributed by atoms with Crippen molar-refractivity contribution in [3.05, 3.63) is 35.9 Å². The van der Waals surface area contributed by atoms with Crippen LogP contribution in [0.4, 0.5) is 0 Å². The highest BCUT2D eigenvalue weighted by Gasteiger charge is 2.38. The average molecular weight is 237 g/mol. The van der Waals surface area contributed by atoms with Crippen molar-refractivity contribution in [3.8, 4) is 0 Å². The summed E-state index contributed by atoms with van der Waals surface area (Å²) < 4.78 is 5.02. The van der Waals surface area contributed by atoms with Gasteiger partial charge >= 0.3 is 5.97 Å². The average Bonchev–Trinajstić information content (AvgIpc) is 2.39. The Hall–Kier alpha value is -1.39. The van der Waals surface area contributed by atoms with Crippen LogP contribution in [0.2, 0.25) is 0 Å². The maximum atomic E-state index is 11.8. The molecule has 0 spiro atoms. The SMILES string of the molecule is CCCCOC(=O)C(O)(CN)c1ccccc1. The number of hydrogen-bond donors (Lipinski definition) is 2. The van der Waals surface area contributed by atoms with E-state index < -0.39 is 11.6 Å². The van der Waals surface area contributed by atoms with Crippen molar-refractivity contribution in [1.82, 2.24) is 0 Å². The molecule has 4 heteroatoms. The summed E-state index contributed by atoms with van der Waals surface area (Å²) in [6, 6.07) is 8.62. The number of hydrogen-bond acceptors (Lipinski definition) is 4. The molecule has 0 fully saturated rings. The first-order chi connectivity index (χ1) is 8.15. The Morgan fingerprint density at radius 2 is 2.06 bits per heavy atom. The highest BCUT2D eigenvalue weighted by molar-refractivity contribution is 5.81. The highest BCUT2D eigenvalue weighted by Crippen LogP contribution is 2.21. The van der Waals surface area contributed by atoms with E-state index in [1.807, 2.05) is 13.0 Å². The van der Waals surface area contributed by atoms with Gasteiger partial charge < -0.3 is 15.6 Å². The largest absolute Gasteiger partial charge is 0.463 e. The molecule has 0 bridgehead atoms. The summed E-state index contributed by atoms with van der Waals surface area (Å²) in [4.78, 5) is 11.8. The van der Waals surface area contributed by atoms with E-state index in [0.29, 0.717) is 12.2 Å². The number of benzene rings is 1. The van der Waals surface area contributed by atoms with Gasteiger partial charge in [-0.15, -0.1) is 0 Å². The van der Waals surface area contributed by atoms with Crippen LogP contribution in [0.1, 0.15) is 25.3 Å². The lowest BCUT2D eigenvalue weighted by atomic mass is 9.94. The van der Waals surface area contributed by atoms with E-state index in [-0.39, 0.29) is 6.54 Å². The summed E-state index contributed by atoms with van der Waals surface area (Å²) in [5.74, 6) is -0.681. The van der Waals surface area contributed by atoms with Gasteiger partial charge in [0.25, 0.3) is 0 Å². The lowest BCUT2D eigenvalue weighted by Crippen LogP contribution is -2.44. The Kier molecular flexibility index (Phi) is 5.12. The van der Waals surface area contributed by atoms with Gasteiger partial charge in [0.1, 0.15) is 0 Å². The Balaban J connectivity index is 2.78. The van der Waals surface area contributed by atoms with Crippen molar-refractivity contribution in [2.24, 2.45) is 5.73 Å². The topological polar surface area (TPSA) is 72.5 Å². The molecule has 1 rings (SSSR count). The van der Waals surface area contributed by atoms with E-state index in [9.17, 15) is 9.90 Å². The number of carbonyl (C=O) groups is 1. The van der Waals surface area contributed by atoms with Crippen molar-refractivity contribution >= 4 is 5.97 Å². The van der Waals surface area contributed by atoms with Crippen LogP contribution >= 0.6 is 0 Å². The third-order valence-corrected chi connectivity index (χ3v) is 2.62. The standard InChI is InChI=1S/C13H19NO3/c1-2-3-9-17-12(15)13(16,10-14)11-7-5-4-6-8-11/h4-8,16H,2-3,9-10,14H2,1H3. The smallest absolute Gasteiger partial charge is 0.344 e. The monoisotopic (exact) mass is 237 g/mol. The fourth-order valence-electron chi connectivity index (χ4n) is 1.46. The fraction of sp³-hybridized carbons (Fsp3) is 0.462. The molecule has 3 N–H and O–H groups in total. The Bertz CT molecular complexity index is 353. The second-order valence-electron chi connectivity index (χ2n) is 3.92. The van der Waals surface area contributed by atoms with Crippen LogP contribution in [-0.4, -0.2) is 24.2 Å². The maximum absolute atomic E-state index is 11.8. The first kappa shape index (κ1) is 13.7. The van der Waals surface area contributed by atoms with Crippen LogP contribution in [0.5, 0.6) is 0 Å². The molecule has 0 aromatic heterocycles. The molecule has 1 unspecified atom stereocenters. The highest BCUT2D eigenvalue weighted by atomic mass is 16.5. The maximum Gasteiger partial charge on any atom is 0.344 e. The number of aliphatic hydroxyl groups is 1. The Morgan fingerprint density at radius 1 is 1.41 bits per heavy atom. The quantitative estimate of drug-likeness (QED) is 0.575. The predicted molar refractivity (Wildman–Crippen MR) is 65.3 cm³/mol. The molecule has 0 saturated heterocycles. The zero-order valence-electron chi connectivity index (χ0n) is 10.1. The molecule has 1 aromatic carbocycles. The van der Waals surface area contributed by atoms with Crippen molar-refractivity contribution < 1.29 is 14.6 Å². The summed E-state index contributed by atoms with van der Waals surface area (Å²) in [6.45, 7) is 2.12. The number of ether oxygens (including phenoxy) is 1. The summed E-state index contributed by atoms with van der Waals surface area (Å²) in [5, 5.41) is 10.3. The summed E-state index contributed by atoms with van der Waals surface area (Å²) in [6.07, 6.45) is 1.71. The number of esters is 1. The van der Waals surface area contributed by atoms with Gasteiger partial charge in [0.05, 0.1) is 6.61 Å². The molecule has 4 nitrogen and oxygen atoms in total. The molecule has 1 aromatic rings. The second-order valence-corrected chi connectivity index (χ2v) is 3.92. The third-order valence-electron chi connectivity index (χ3n) is 2.62. The van der Waals surface area contributed by atoms with Crippen LogP contribution < -0.4 is 5.73 Å². The summed E-state index contributed by atoms with van der Waals surface area (Å²) in [5.41, 5.74) is 4.21. The normalized spacial score (nSPS) is 14.1. The summed E-state index contributed by atoms with van der Waals surface area (Å²) in [7, 11) is 0. The van der Waals surface area contributed by atoms with E-state index in [1.54, 1.807) is 24.3 Å². The van der Waals surface area contributed by atoms with E-state index in [2.05, 4.69) is 0 Å². The first-order valence-electron chi connectivity index (χ1n) is 5.80. The van der Waals surface area contributed by atoms with Gasteiger partial charge in [-0.2, -0.15) is 0 Å². The molecule has 0 radical (unpaired) electrons. The van der Waals surface area contributed by atoms with Gasteiger partial charge in [0, 0.05) is 6.54 Å². The number of carbonyl (C=O) groups excluding carboxylic acids is 1. The predicted octanol–water partition coefficient (Wildman–Crippen LogP) is 1.18. The first-order valence-corrected chi connectivity index (χ1v) is 5.80. The minimum atomic E-state index is -1.74. The zero-order chi connectivity index (χ0) is 12.7. The number of rotatable bonds is 6. The fourth-order valence-corrected chi connectivity index (χ4v) is 1.46. The molecule has 17 heavy (non-hydrogen) atoms. The molecule has 1 atom stereocenters. The van der Waals surface area contributed by atoms with Gasteiger partial charge in [-0.1, -0.05) is 43.7 Å². The van der Waals surface area contributed by atoms with Crippen molar-refractivity contribution in [2.75, 3.05) is 13.2 Å². The lowest BCUT2D eigenvalue weighted by molar-refractivity contribution is -0.165. The summed E-state index contributed by atoms with van der Waals surface area (Å²) >= 11 is 0. The van der Waals surface area contributed by atoms with Gasteiger partial charge in [0.15, 0.2) is 5.60 Å². The molecular weight excluding hydrogens is 218 g/mol. The van der Waals surface area contributed by atoms with Crippen molar-refractivity contribution in [3.63, 3.8) is 0 Å². The molecular formula is C13H19NO3. The van der Waals surface area contributed by atoms with Crippen LogP contribution in [0.3, 0.4) is 0 Å². The van der Waals surface area contributed by atoms with Gasteiger partial charge in [-0.05, 0) is 12.0 Å². The van der Waals surface area contributed by atoms with Crippen LogP contribution in [0, 0.1) is 0 Å². The van der Waals surface area contributed by atoms with E-state index >= 15 is 0 Å². The van der Waals surface area contributed by atoms with E-state index in [4.69, 9.17) is 10.5 Å². The van der Waals surface area contributed by atoms with Gasteiger partial charge in [-0.25, -0.2) is 4.79 Å². The zero-order valence-corrected chi connectivity index (χ0v) is 10.1. The van der Waals surface area contributed by atoms with Gasteiger partial charge in [0.2, 0.25) is 0 Å². The number of unbranched alkanes of at least 4 members (excludes halogenated alkanes) is 1. The van der Waals surface area contributed by atoms with Crippen molar-refractivity contribution in [1.29, 1.82) is 0 Å². The van der Waals surface area contributed by atoms with Crippen LogP contribution in [0.15, 0.2) is 30.3 Å². The van der Waals surface area contributed by atoms with Gasteiger partial charge in [-0.3, -0.25) is 0 Å². The molecule has 0 amide bonds. The molecule has 0 aliphatic carbocycles. The van der Waals surface area contributed by atoms with Crippen LogP contribution in [0.25, 0.3) is 0 Å². The molecule has 0 saturated carbocycles. The minimum absolute atomic E-state index is 0.192. The molecule has 94 valence electrons. The molecule has 0 aliphatic rings. The Labute approximate surface area is 101 Å². The molecule has 0 heterocycles. The number of nitrogens with two attached hydrogens (primary N) is 1. The van der Waals surface area contributed by atoms with Crippen LogP contribution in [-0.2, 0) is 15.1 Å². The molecule has 0 aliphatic heterocycles. The lowest BCUT2D eigenvalue weighted by Gasteiger charge is -2.24. The third kappa shape index (κ3) is 3.28.